The van der Waals surface area contributed by atoms with Gasteiger partial charge in [0.2, 0.25) is 0 Å². The Hall–Kier alpha value is -1.72. The lowest BCUT2D eigenvalue weighted by Gasteiger charge is -2.10. The maximum Gasteiger partial charge on any atom is 0.140 e. The molecule has 0 saturated carbocycles. The number of nitrogens with zero attached hydrogens (tertiary/aromatic N) is 3. The molecule has 108 valence electrons. The van der Waals surface area contributed by atoms with Crippen LogP contribution in [-0.2, 0) is 31.0 Å². The Balaban J connectivity index is 1.91. The summed E-state index contributed by atoms with van der Waals surface area (Å²) in [7, 11) is 1.72. The average Bonchev–Trinajstić information content (AvgIpc) is 2.89. The highest BCUT2D eigenvalue weighted by Gasteiger charge is 2.04. The molecule has 0 spiro atoms. The van der Waals surface area contributed by atoms with Gasteiger partial charge in [0.25, 0.3) is 0 Å². The maximum absolute atomic E-state index is 5.22. The van der Waals surface area contributed by atoms with Crippen molar-refractivity contribution >= 4 is 0 Å². The van der Waals surface area contributed by atoms with Crippen molar-refractivity contribution in [1.82, 2.24) is 20.1 Å². The molecule has 1 aromatic heterocycles. The van der Waals surface area contributed by atoms with Crippen LogP contribution in [0.3, 0.4) is 0 Å². The summed E-state index contributed by atoms with van der Waals surface area (Å²) in [4.78, 5) is 4.29. The summed E-state index contributed by atoms with van der Waals surface area (Å²) >= 11 is 0. The lowest BCUT2D eigenvalue weighted by atomic mass is 10.1. The third kappa shape index (κ3) is 3.88. The molecule has 2 aromatic rings. The number of nitrogens with one attached hydrogen (secondary N) is 1. The van der Waals surface area contributed by atoms with Crippen LogP contribution in [0.4, 0.5) is 0 Å². The molecule has 1 N–H and O–H groups in total. The van der Waals surface area contributed by atoms with Crippen molar-refractivity contribution in [3.05, 3.63) is 47.5 Å². The van der Waals surface area contributed by atoms with E-state index in [1.165, 1.54) is 11.1 Å². The number of ether oxygens (including phenoxy) is 1. The molecule has 2 rings (SSSR count). The van der Waals surface area contributed by atoms with Gasteiger partial charge in [-0.2, -0.15) is 5.10 Å². The van der Waals surface area contributed by atoms with Crippen LogP contribution in [0, 0.1) is 0 Å². The number of benzene rings is 1. The normalized spacial score (nSPS) is 10.9. The second kappa shape index (κ2) is 7.77. The summed E-state index contributed by atoms with van der Waals surface area (Å²) in [5, 5.41) is 7.65. The molecule has 0 atom stereocenters. The molecular weight excluding hydrogens is 252 g/mol. The Labute approximate surface area is 120 Å². The molecule has 5 heteroatoms. The smallest absolute Gasteiger partial charge is 0.140 e. The van der Waals surface area contributed by atoms with Crippen LogP contribution in [0.1, 0.15) is 30.3 Å². The van der Waals surface area contributed by atoms with Crippen molar-refractivity contribution < 1.29 is 4.74 Å². The molecule has 0 aliphatic carbocycles. The van der Waals surface area contributed by atoms with E-state index in [2.05, 4.69) is 40.5 Å². The van der Waals surface area contributed by atoms with E-state index >= 15 is 0 Å². The fourth-order valence-corrected chi connectivity index (χ4v) is 2.16. The van der Waals surface area contributed by atoms with Gasteiger partial charge in [-0.15, -0.1) is 0 Å². The van der Waals surface area contributed by atoms with Crippen molar-refractivity contribution in [3.63, 3.8) is 0 Å². The topological polar surface area (TPSA) is 52.0 Å². The Morgan fingerprint density at radius 3 is 2.75 bits per heavy atom. The highest BCUT2D eigenvalue weighted by molar-refractivity contribution is 5.26. The van der Waals surface area contributed by atoms with Crippen molar-refractivity contribution in [1.29, 1.82) is 0 Å². The maximum atomic E-state index is 5.22. The van der Waals surface area contributed by atoms with Gasteiger partial charge in [-0.3, -0.25) is 0 Å². The second-order valence-electron chi connectivity index (χ2n) is 4.70. The summed E-state index contributed by atoms with van der Waals surface area (Å²) in [6.07, 6.45) is 2.68. The van der Waals surface area contributed by atoms with Gasteiger partial charge >= 0.3 is 0 Å². The Kier molecular flexibility index (Phi) is 5.70. The Morgan fingerprint density at radius 2 is 2.00 bits per heavy atom. The third-order valence-corrected chi connectivity index (χ3v) is 3.15. The predicted molar refractivity (Wildman–Crippen MR) is 78.0 cm³/mol. The van der Waals surface area contributed by atoms with E-state index in [1.807, 2.05) is 10.7 Å². The van der Waals surface area contributed by atoms with Crippen LogP contribution in [0.15, 0.2) is 30.6 Å². The third-order valence-electron chi connectivity index (χ3n) is 3.15. The van der Waals surface area contributed by atoms with Crippen LogP contribution in [0.5, 0.6) is 0 Å². The monoisotopic (exact) mass is 274 g/mol. The number of hydrogen-bond acceptors (Lipinski definition) is 4. The van der Waals surface area contributed by atoms with Gasteiger partial charge in [-0.25, -0.2) is 9.67 Å². The Bertz CT molecular complexity index is 524. The fraction of sp³-hybridized carbons (Fsp3) is 0.467. The number of aryl methyl sites for hydroxylation is 1. The summed E-state index contributed by atoms with van der Waals surface area (Å²) in [5.74, 6) is 0.982. The molecule has 0 radical (unpaired) electrons. The molecule has 0 amide bonds. The minimum Gasteiger partial charge on any atom is -0.380 e. The minimum atomic E-state index is 0.643. The average molecular weight is 274 g/mol. The first-order valence-corrected chi connectivity index (χ1v) is 6.98. The number of aromatic nitrogens is 3. The van der Waals surface area contributed by atoms with Crippen LogP contribution in [-0.4, -0.2) is 21.9 Å². The van der Waals surface area contributed by atoms with Gasteiger partial charge in [0.05, 0.1) is 13.2 Å². The molecule has 20 heavy (non-hydrogen) atoms. The lowest BCUT2D eigenvalue weighted by molar-refractivity contribution is 0.184. The molecule has 1 heterocycles. The van der Waals surface area contributed by atoms with E-state index in [0.29, 0.717) is 6.61 Å². The molecule has 0 saturated heterocycles. The molecule has 5 nitrogen and oxygen atoms in total. The van der Waals surface area contributed by atoms with E-state index in [4.69, 9.17) is 4.74 Å². The highest BCUT2D eigenvalue weighted by atomic mass is 16.5. The zero-order chi connectivity index (χ0) is 14.2. The molecule has 0 fully saturated rings. The van der Waals surface area contributed by atoms with Gasteiger partial charge in [0.15, 0.2) is 0 Å². The number of methoxy groups -OCH3 is 1. The fourth-order valence-electron chi connectivity index (χ4n) is 2.16. The molecular formula is C15H22N4O. The molecule has 0 unspecified atom stereocenters. The summed E-state index contributed by atoms with van der Waals surface area (Å²) in [6.45, 7) is 5.22. The van der Waals surface area contributed by atoms with Gasteiger partial charge in [0, 0.05) is 20.2 Å². The van der Waals surface area contributed by atoms with Crippen molar-refractivity contribution in [2.24, 2.45) is 0 Å². The first-order valence-electron chi connectivity index (χ1n) is 6.98. The summed E-state index contributed by atoms with van der Waals surface area (Å²) < 4.78 is 7.17. The zero-order valence-electron chi connectivity index (χ0n) is 12.2. The molecule has 0 bridgehead atoms. The van der Waals surface area contributed by atoms with Crippen molar-refractivity contribution in [2.45, 2.75) is 39.6 Å². The second-order valence-corrected chi connectivity index (χ2v) is 4.70. The van der Waals surface area contributed by atoms with Gasteiger partial charge in [0.1, 0.15) is 12.2 Å². The first-order chi connectivity index (χ1) is 9.85. The Morgan fingerprint density at radius 1 is 1.20 bits per heavy atom. The van der Waals surface area contributed by atoms with Crippen LogP contribution in [0.25, 0.3) is 0 Å². The number of hydrogen-bond donors (Lipinski definition) is 1. The minimum absolute atomic E-state index is 0.643. The summed E-state index contributed by atoms with van der Waals surface area (Å²) in [6, 6.07) is 8.31. The van der Waals surface area contributed by atoms with E-state index in [1.54, 1.807) is 13.4 Å². The van der Waals surface area contributed by atoms with Gasteiger partial charge in [-0.05, 0) is 17.5 Å². The first kappa shape index (κ1) is 14.7. The van der Waals surface area contributed by atoms with E-state index in [9.17, 15) is 0 Å². The van der Waals surface area contributed by atoms with Crippen LogP contribution >= 0.6 is 0 Å². The quantitative estimate of drug-likeness (QED) is 0.801. The van der Waals surface area contributed by atoms with Crippen molar-refractivity contribution in [2.75, 3.05) is 7.11 Å². The largest absolute Gasteiger partial charge is 0.380 e. The van der Waals surface area contributed by atoms with Crippen molar-refractivity contribution in [3.8, 4) is 0 Å². The molecule has 0 aliphatic heterocycles. The SMILES string of the molecule is CCCn1ncnc1CNCc1ccccc1COC. The molecule has 0 aliphatic rings. The van der Waals surface area contributed by atoms with Crippen LogP contribution < -0.4 is 5.32 Å². The van der Waals surface area contributed by atoms with E-state index in [0.717, 1.165) is 31.9 Å². The van der Waals surface area contributed by atoms with Gasteiger partial charge < -0.3 is 10.1 Å². The van der Waals surface area contributed by atoms with Gasteiger partial charge in [-0.1, -0.05) is 31.2 Å². The lowest BCUT2D eigenvalue weighted by Crippen LogP contribution is -2.18. The van der Waals surface area contributed by atoms with E-state index < -0.39 is 0 Å². The number of rotatable bonds is 8. The molecule has 1 aromatic carbocycles. The highest BCUT2D eigenvalue weighted by Crippen LogP contribution is 2.09. The summed E-state index contributed by atoms with van der Waals surface area (Å²) in [5.41, 5.74) is 2.48. The predicted octanol–water partition coefficient (Wildman–Crippen LogP) is 2.12. The zero-order valence-corrected chi connectivity index (χ0v) is 12.2. The standard InChI is InChI=1S/C15H22N4O/c1-3-8-19-15(17-12-18-19)10-16-9-13-6-4-5-7-14(13)11-20-2/h4-7,12,16H,3,8-11H2,1-2H3. The van der Waals surface area contributed by atoms with E-state index in [-0.39, 0.29) is 0 Å². The van der Waals surface area contributed by atoms with Crippen LogP contribution in [0.2, 0.25) is 0 Å².